The summed E-state index contributed by atoms with van der Waals surface area (Å²) in [7, 11) is 2.94. The van der Waals surface area contributed by atoms with Crippen LogP contribution in [-0.4, -0.2) is 15.0 Å². The first-order valence-electron chi connectivity index (χ1n) is 6.33. The number of nitrogens with zero attached hydrogens (tertiary/aromatic N) is 2. The molecule has 0 unspecified atom stereocenters. The summed E-state index contributed by atoms with van der Waals surface area (Å²) in [4.78, 5) is 35.0. The summed E-state index contributed by atoms with van der Waals surface area (Å²) >= 11 is 0. The molecule has 19 heavy (non-hydrogen) atoms. The van der Waals surface area contributed by atoms with Crippen molar-refractivity contribution >= 4 is 11.7 Å². The van der Waals surface area contributed by atoms with Gasteiger partial charge in [0.15, 0.2) is 0 Å². The fraction of sp³-hybridized carbons (Fsp3) is 0.583. The molecule has 104 valence electrons. The Hall–Kier alpha value is -2.05. The van der Waals surface area contributed by atoms with Gasteiger partial charge in [-0.05, 0) is 12.8 Å². The predicted molar refractivity (Wildman–Crippen MR) is 70.6 cm³/mol. The van der Waals surface area contributed by atoms with Crippen LogP contribution >= 0.6 is 0 Å². The zero-order chi connectivity index (χ0) is 14.0. The average Bonchev–Trinajstić information content (AvgIpc) is 2.92. The van der Waals surface area contributed by atoms with Crippen molar-refractivity contribution in [2.75, 3.05) is 5.43 Å². The first-order chi connectivity index (χ1) is 9.00. The van der Waals surface area contributed by atoms with Crippen molar-refractivity contribution in [3.63, 3.8) is 0 Å². The Bertz CT molecular complexity index is 596. The van der Waals surface area contributed by atoms with Crippen molar-refractivity contribution in [2.45, 2.75) is 25.7 Å². The van der Waals surface area contributed by atoms with Crippen LogP contribution in [-0.2, 0) is 18.9 Å². The molecule has 2 N–H and O–H groups in total. The topological polar surface area (TPSA) is 85.1 Å². The van der Waals surface area contributed by atoms with Gasteiger partial charge in [-0.2, -0.15) is 0 Å². The van der Waals surface area contributed by atoms with Crippen LogP contribution in [0.25, 0.3) is 0 Å². The lowest BCUT2D eigenvalue weighted by Gasteiger charge is -2.14. The van der Waals surface area contributed by atoms with Gasteiger partial charge in [-0.15, -0.1) is 0 Å². The minimum Gasteiger partial charge on any atom is -0.283 e. The van der Waals surface area contributed by atoms with Crippen LogP contribution in [0.1, 0.15) is 25.7 Å². The van der Waals surface area contributed by atoms with E-state index in [1.54, 1.807) is 0 Å². The van der Waals surface area contributed by atoms with Crippen LogP contribution in [0, 0.1) is 5.92 Å². The number of carbonyl (C=O) groups is 1. The Labute approximate surface area is 110 Å². The molecule has 1 aliphatic rings. The molecule has 0 aromatic carbocycles. The molecule has 1 aromatic rings. The van der Waals surface area contributed by atoms with Crippen LogP contribution < -0.4 is 22.1 Å². The number of hydrazine groups is 1. The van der Waals surface area contributed by atoms with E-state index in [9.17, 15) is 14.4 Å². The molecule has 1 aliphatic carbocycles. The van der Waals surface area contributed by atoms with Crippen molar-refractivity contribution in [1.82, 2.24) is 14.6 Å². The summed E-state index contributed by atoms with van der Waals surface area (Å²) in [6.07, 6.45) is 3.93. The van der Waals surface area contributed by atoms with E-state index in [0.29, 0.717) is 0 Å². The third kappa shape index (κ3) is 2.69. The lowest BCUT2D eigenvalue weighted by Crippen LogP contribution is -2.41. The quantitative estimate of drug-likeness (QED) is 0.737. The molecular weight excluding hydrogens is 248 g/mol. The monoisotopic (exact) mass is 266 g/mol. The number of anilines is 1. The molecule has 0 radical (unpaired) electrons. The number of carbonyl (C=O) groups excluding carboxylic acids is 1. The van der Waals surface area contributed by atoms with Gasteiger partial charge in [0, 0.05) is 26.1 Å². The van der Waals surface area contributed by atoms with Gasteiger partial charge in [0.05, 0.1) is 0 Å². The lowest BCUT2D eigenvalue weighted by atomic mass is 10.1. The van der Waals surface area contributed by atoms with Gasteiger partial charge in [0.25, 0.3) is 5.56 Å². The number of nitrogens with one attached hydrogen (secondary N) is 2. The van der Waals surface area contributed by atoms with Gasteiger partial charge in [-0.1, -0.05) is 12.8 Å². The molecular formula is C12H18N4O3. The largest absolute Gasteiger partial charge is 0.332 e. The van der Waals surface area contributed by atoms with Gasteiger partial charge in [0.2, 0.25) is 5.91 Å². The van der Waals surface area contributed by atoms with Crippen molar-refractivity contribution in [3.05, 3.63) is 26.9 Å². The fourth-order valence-corrected chi connectivity index (χ4v) is 2.27. The molecule has 2 rings (SSSR count). The lowest BCUT2D eigenvalue weighted by molar-refractivity contribution is -0.124. The van der Waals surface area contributed by atoms with E-state index < -0.39 is 11.2 Å². The van der Waals surface area contributed by atoms with E-state index in [0.717, 1.165) is 30.3 Å². The molecule has 7 heteroatoms. The van der Waals surface area contributed by atoms with Crippen LogP contribution in [0.2, 0.25) is 0 Å². The molecule has 0 bridgehead atoms. The van der Waals surface area contributed by atoms with Gasteiger partial charge >= 0.3 is 5.69 Å². The molecule has 7 nitrogen and oxygen atoms in total. The number of hydrogen-bond donors (Lipinski definition) is 2. The fourth-order valence-electron chi connectivity index (χ4n) is 2.27. The summed E-state index contributed by atoms with van der Waals surface area (Å²) in [5.41, 5.74) is 4.35. The Morgan fingerprint density at radius 3 is 2.47 bits per heavy atom. The van der Waals surface area contributed by atoms with E-state index in [-0.39, 0.29) is 17.6 Å². The number of rotatable bonds is 3. The second-order valence-electron chi connectivity index (χ2n) is 4.86. The Kier molecular flexibility index (Phi) is 3.73. The highest BCUT2D eigenvalue weighted by molar-refractivity contribution is 5.79. The van der Waals surface area contributed by atoms with E-state index in [2.05, 4.69) is 10.9 Å². The zero-order valence-corrected chi connectivity index (χ0v) is 11.1. The third-order valence-corrected chi connectivity index (χ3v) is 3.57. The minimum absolute atomic E-state index is 0.0241. The predicted octanol–water partition coefficient (Wildman–Crippen LogP) is -0.283. The summed E-state index contributed by atoms with van der Waals surface area (Å²) in [5.74, 6) is 0.209. The first kappa shape index (κ1) is 13.4. The van der Waals surface area contributed by atoms with Crippen molar-refractivity contribution in [1.29, 1.82) is 0 Å². The Balaban J connectivity index is 2.10. The highest BCUT2D eigenvalue weighted by atomic mass is 16.2. The SMILES string of the molecule is Cn1c(NNC(=O)C2CCCC2)cc(=O)n(C)c1=O. The van der Waals surface area contributed by atoms with E-state index >= 15 is 0 Å². The van der Waals surface area contributed by atoms with E-state index in [1.165, 1.54) is 24.7 Å². The van der Waals surface area contributed by atoms with Crippen molar-refractivity contribution in [3.8, 4) is 0 Å². The molecule has 1 amide bonds. The van der Waals surface area contributed by atoms with Crippen molar-refractivity contribution in [2.24, 2.45) is 20.0 Å². The summed E-state index contributed by atoms with van der Waals surface area (Å²) in [6, 6.07) is 1.27. The smallest absolute Gasteiger partial charge is 0.283 e. The maximum Gasteiger partial charge on any atom is 0.332 e. The second-order valence-corrected chi connectivity index (χ2v) is 4.86. The first-order valence-corrected chi connectivity index (χ1v) is 6.33. The number of hydrogen-bond acceptors (Lipinski definition) is 4. The standard InChI is InChI=1S/C12H18N4O3/c1-15-9(7-10(17)16(2)12(15)19)13-14-11(18)8-5-3-4-6-8/h7-8,13H,3-6H2,1-2H3,(H,14,18). The molecule has 0 aliphatic heterocycles. The van der Waals surface area contributed by atoms with E-state index in [1.807, 2.05) is 0 Å². The molecule has 0 spiro atoms. The molecule has 1 heterocycles. The van der Waals surface area contributed by atoms with Crippen LogP contribution in [0.15, 0.2) is 15.7 Å². The summed E-state index contributed by atoms with van der Waals surface area (Å²) in [5, 5.41) is 0. The molecule has 1 fully saturated rings. The molecule has 1 saturated carbocycles. The van der Waals surface area contributed by atoms with Gasteiger partial charge in [-0.25, -0.2) is 4.79 Å². The Morgan fingerprint density at radius 2 is 1.84 bits per heavy atom. The van der Waals surface area contributed by atoms with Gasteiger partial charge in [-0.3, -0.25) is 29.6 Å². The number of aromatic nitrogens is 2. The highest BCUT2D eigenvalue weighted by Crippen LogP contribution is 2.24. The molecule has 0 saturated heterocycles. The molecule has 1 aromatic heterocycles. The maximum atomic E-state index is 11.8. The van der Waals surface area contributed by atoms with Crippen molar-refractivity contribution < 1.29 is 4.79 Å². The van der Waals surface area contributed by atoms with Crippen LogP contribution in [0.3, 0.4) is 0 Å². The number of amides is 1. The zero-order valence-electron chi connectivity index (χ0n) is 11.1. The Morgan fingerprint density at radius 1 is 1.21 bits per heavy atom. The molecule has 0 atom stereocenters. The third-order valence-electron chi connectivity index (χ3n) is 3.57. The normalized spacial score (nSPS) is 15.5. The maximum absolute atomic E-state index is 11.8. The average molecular weight is 266 g/mol. The van der Waals surface area contributed by atoms with E-state index in [4.69, 9.17) is 0 Å². The summed E-state index contributed by atoms with van der Waals surface area (Å²) in [6.45, 7) is 0. The van der Waals surface area contributed by atoms with Crippen LogP contribution in [0.5, 0.6) is 0 Å². The second kappa shape index (κ2) is 5.29. The highest BCUT2D eigenvalue weighted by Gasteiger charge is 2.22. The minimum atomic E-state index is -0.440. The van der Waals surface area contributed by atoms with Gasteiger partial charge < -0.3 is 0 Å². The van der Waals surface area contributed by atoms with Gasteiger partial charge in [0.1, 0.15) is 5.82 Å². The summed E-state index contributed by atoms with van der Waals surface area (Å²) < 4.78 is 2.28. The van der Waals surface area contributed by atoms with Crippen LogP contribution in [0.4, 0.5) is 5.82 Å².